The van der Waals surface area contributed by atoms with Gasteiger partial charge in [0, 0.05) is 18.7 Å². The molecule has 170 valence electrons. The molecule has 1 fully saturated rings. The number of aliphatic hydroxyl groups excluding tert-OH is 1. The molecular formula is C26H31FN2O3. The first-order chi connectivity index (χ1) is 15.3. The molecular weight excluding hydrogens is 407 g/mol. The number of hydrogen-bond donors (Lipinski definition) is 1. The van der Waals surface area contributed by atoms with Crippen LogP contribution < -0.4 is 0 Å². The molecule has 0 saturated carbocycles. The van der Waals surface area contributed by atoms with Gasteiger partial charge in [-0.25, -0.2) is 4.39 Å². The smallest absolute Gasteiger partial charge is 0.295 e. The van der Waals surface area contributed by atoms with Gasteiger partial charge in [0.2, 0.25) is 0 Å². The number of ketones is 1. The molecule has 1 unspecified atom stereocenters. The van der Waals surface area contributed by atoms with E-state index < -0.39 is 23.5 Å². The second-order valence-corrected chi connectivity index (χ2v) is 8.35. The van der Waals surface area contributed by atoms with E-state index in [4.69, 9.17) is 0 Å². The predicted octanol–water partition coefficient (Wildman–Crippen LogP) is 4.71. The largest absolute Gasteiger partial charge is 0.507 e. The number of carbonyl (C=O) groups is 2. The fourth-order valence-corrected chi connectivity index (χ4v) is 4.07. The highest BCUT2D eigenvalue weighted by Crippen LogP contribution is 2.39. The normalized spacial score (nSPS) is 18.2. The number of likely N-dealkylation sites (N-methyl/N-ethyl adjacent to an activating group) is 1. The van der Waals surface area contributed by atoms with Crippen molar-refractivity contribution in [1.29, 1.82) is 0 Å². The minimum absolute atomic E-state index is 0.0402. The van der Waals surface area contributed by atoms with Crippen LogP contribution in [0.5, 0.6) is 0 Å². The van der Waals surface area contributed by atoms with Crippen molar-refractivity contribution in [3.05, 3.63) is 76.6 Å². The Labute approximate surface area is 189 Å². The lowest BCUT2D eigenvalue weighted by Gasteiger charge is -2.28. The molecule has 6 heteroatoms. The number of halogens is 1. The molecule has 1 atom stereocenters. The molecule has 0 bridgehead atoms. The van der Waals surface area contributed by atoms with Gasteiger partial charge in [-0.1, -0.05) is 52.0 Å². The Morgan fingerprint density at radius 1 is 1.03 bits per heavy atom. The summed E-state index contributed by atoms with van der Waals surface area (Å²) in [6.07, 6.45) is 0. The highest BCUT2D eigenvalue weighted by atomic mass is 19.1. The number of benzene rings is 2. The van der Waals surface area contributed by atoms with Crippen LogP contribution in [0.4, 0.5) is 4.39 Å². The third-order valence-electron chi connectivity index (χ3n) is 6.13. The SMILES string of the molecule is CCN(CC)CCN1C(=O)C(=O)C(=C(O)c2ccc(F)cc2)C1c1ccc(C(C)C)cc1. The van der Waals surface area contributed by atoms with Crippen molar-refractivity contribution in [3.63, 3.8) is 0 Å². The Morgan fingerprint density at radius 3 is 2.16 bits per heavy atom. The van der Waals surface area contributed by atoms with Gasteiger partial charge in [-0.15, -0.1) is 0 Å². The second-order valence-electron chi connectivity index (χ2n) is 8.35. The summed E-state index contributed by atoms with van der Waals surface area (Å²) in [5.41, 5.74) is 2.25. The van der Waals surface area contributed by atoms with Crippen LogP contribution in [0.3, 0.4) is 0 Å². The summed E-state index contributed by atoms with van der Waals surface area (Å²) >= 11 is 0. The van der Waals surface area contributed by atoms with E-state index in [1.54, 1.807) is 4.90 Å². The van der Waals surface area contributed by atoms with Gasteiger partial charge in [-0.05, 0) is 54.4 Å². The molecule has 1 aliphatic rings. The third-order valence-corrected chi connectivity index (χ3v) is 6.13. The number of aliphatic hydroxyl groups is 1. The first-order valence-electron chi connectivity index (χ1n) is 11.1. The van der Waals surface area contributed by atoms with E-state index in [1.165, 1.54) is 24.3 Å². The number of carbonyl (C=O) groups excluding carboxylic acids is 2. The van der Waals surface area contributed by atoms with Gasteiger partial charge in [0.1, 0.15) is 11.6 Å². The molecule has 0 aliphatic carbocycles. The molecule has 2 aromatic rings. The lowest BCUT2D eigenvalue weighted by Crippen LogP contribution is -2.38. The van der Waals surface area contributed by atoms with Gasteiger partial charge in [-0.3, -0.25) is 9.59 Å². The second kappa shape index (κ2) is 10.1. The molecule has 0 radical (unpaired) electrons. The lowest BCUT2D eigenvalue weighted by atomic mass is 9.93. The monoisotopic (exact) mass is 438 g/mol. The van der Waals surface area contributed by atoms with Gasteiger partial charge < -0.3 is 14.9 Å². The van der Waals surface area contributed by atoms with E-state index in [1.807, 2.05) is 38.1 Å². The summed E-state index contributed by atoms with van der Waals surface area (Å²) in [6, 6.07) is 12.4. The van der Waals surface area contributed by atoms with Crippen LogP contribution in [0.15, 0.2) is 54.1 Å². The molecule has 1 saturated heterocycles. The minimum atomic E-state index is -0.718. The zero-order chi connectivity index (χ0) is 23.4. The Kier molecular flexibility index (Phi) is 7.46. The van der Waals surface area contributed by atoms with Crippen molar-refractivity contribution in [3.8, 4) is 0 Å². The summed E-state index contributed by atoms with van der Waals surface area (Å²) in [7, 11) is 0. The van der Waals surface area contributed by atoms with Gasteiger partial charge in [0.05, 0.1) is 11.6 Å². The Bertz CT molecular complexity index is 993. The molecule has 0 aromatic heterocycles. The number of amides is 1. The number of Topliss-reactive ketones (excluding diaryl/α,β-unsaturated/α-hetero) is 1. The maximum absolute atomic E-state index is 13.4. The molecule has 2 aromatic carbocycles. The van der Waals surface area contributed by atoms with Crippen LogP contribution in [0, 0.1) is 5.82 Å². The van der Waals surface area contributed by atoms with Crippen molar-refractivity contribution in [2.75, 3.05) is 26.2 Å². The fraction of sp³-hybridized carbons (Fsp3) is 0.385. The third kappa shape index (κ3) is 4.75. The quantitative estimate of drug-likeness (QED) is 0.368. The molecule has 1 heterocycles. The first kappa shape index (κ1) is 23.7. The van der Waals surface area contributed by atoms with Crippen LogP contribution in [-0.4, -0.2) is 52.8 Å². The van der Waals surface area contributed by atoms with Crippen LogP contribution in [0.2, 0.25) is 0 Å². The van der Waals surface area contributed by atoms with Crippen molar-refractivity contribution in [2.24, 2.45) is 0 Å². The Hall–Kier alpha value is -2.99. The molecule has 1 N–H and O–H groups in total. The van der Waals surface area contributed by atoms with E-state index in [2.05, 4.69) is 18.7 Å². The molecule has 1 amide bonds. The number of likely N-dealkylation sites (tertiary alicyclic amines) is 1. The molecule has 5 nitrogen and oxygen atoms in total. The van der Waals surface area contributed by atoms with Crippen LogP contribution >= 0.6 is 0 Å². The van der Waals surface area contributed by atoms with Crippen molar-refractivity contribution < 1.29 is 19.1 Å². The Balaban J connectivity index is 2.09. The zero-order valence-corrected chi connectivity index (χ0v) is 19.1. The average molecular weight is 439 g/mol. The minimum Gasteiger partial charge on any atom is -0.507 e. The van der Waals surface area contributed by atoms with E-state index in [9.17, 15) is 19.1 Å². The van der Waals surface area contributed by atoms with E-state index >= 15 is 0 Å². The van der Waals surface area contributed by atoms with E-state index in [0.29, 0.717) is 24.6 Å². The summed E-state index contributed by atoms with van der Waals surface area (Å²) in [4.78, 5) is 29.8. The van der Waals surface area contributed by atoms with E-state index in [-0.39, 0.29) is 11.3 Å². The number of rotatable bonds is 8. The first-order valence-corrected chi connectivity index (χ1v) is 11.1. The summed E-state index contributed by atoms with van der Waals surface area (Å²) in [5.74, 6) is -1.73. The number of hydrogen-bond acceptors (Lipinski definition) is 4. The lowest BCUT2D eigenvalue weighted by molar-refractivity contribution is -0.140. The highest BCUT2D eigenvalue weighted by Gasteiger charge is 2.45. The fourth-order valence-electron chi connectivity index (χ4n) is 4.07. The van der Waals surface area contributed by atoms with Crippen LogP contribution in [0.25, 0.3) is 5.76 Å². The zero-order valence-electron chi connectivity index (χ0n) is 19.1. The topological polar surface area (TPSA) is 60.9 Å². The van der Waals surface area contributed by atoms with Gasteiger partial charge in [0.25, 0.3) is 11.7 Å². The van der Waals surface area contributed by atoms with Crippen LogP contribution in [-0.2, 0) is 9.59 Å². The maximum atomic E-state index is 13.4. The molecule has 32 heavy (non-hydrogen) atoms. The summed E-state index contributed by atoms with van der Waals surface area (Å²) < 4.78 is 13.4. The molecule has 1 aliphatic heterocycles. The average Bonchev–Trinajstić information content (AvgIpc) is 3.04. The van der Waals surface area contributed by atoms with E-state index in [0.717, 1.165) is 24.2 Å². The molecule has 3 rings (SSSR count). The Morgan fingerprint density at radius 2 is 1.62 bits per heavy atom. The van der Waals surface area contributed by atoms with Crippen LogP contribution in [0.1, 0.15) is 56.3 Å². The standard InChI is InChI=1S/C26H31FN2O3/c1-5-28(6-2)15-16-29-23(19-9-7-18(8-10-19)17(3)4)22(25(31)26(29)32)24(30)20-11-13-21(27)14-12-20/h7-14,17,23,30H,5-6,15-16H2,1-4H3. The van der Waals surface area contributed by atoms with Gasteiger partial charge in [0.15, 0.2) is 0 Å². The summed E-state index contributed by atoms with van der Waals surface area (Å²) in [6.45, 7) is 11.0. The number of nitrogens with zero attached hydrogens (tertiary/aromatic N) is 2. The predicted molar refractivity (Wildman–Crippen MR) is 124 cm³/mol. The highest BCUT2D eigenvalue weighted by molar-refractivity contribution is 6.46. The molecule has 0 spiro atoms. The van der Waals surface area contributed by atoms with Crippen molar-refractivity contribution in [2.45, 2.75) is 39.7 Å². The maximum Gasteiger partial charge on any atom is 0.295 e. The van der Waals surface area contributed by atoms with Crippen molar-refractivity contribution >= 4 is 17.4 Å². The van der Waals surface area contributed by atoms with Gasteiger partial charge in [-0.2, -0.15) is 0 Å². The van der Waals surface area contributed by atoms with Crippen molar-refractivity contribution in [1.82, 2.24) is 9.80 Å². The summed E-state index contributed by atoms with van der Waals surface area (Å²) in [5, 5.41) is 11.0. The van der Waals surface area contributed by atoms with Gasteiger partial charge >= 0.3 is 0 Å².